The van der Waals surface area contributed by atoms with Gasteiger partial charge in [-0.15, -0.1) is 17.0 Å². The molecule has 4 nitrogen and oxygen atoms in total. The molecular weight excluding hydrogens is 476 g/mol. The van der Waals surface area contributed by atoms with Crippen molar-refractivity contribution in [2.75, 3.05) is 26.7 Å². The van der Waals surface area contributed by atoms with Gasteiger partial charge in [-0.3, -0.25) is 4.79 Å². The molecule has 176 valence electrons. The number of carbonyl (C=O) groups excluding carboxylic acids is 1. The van der Waals surface area contributed by atoms with Crippen LogP contribution in [-0.2, 0) is 11.2 Å². The van der Waals surface area contributed by atoms with Crippen LogP contribution in [0, 0.1) is 11.8 Å². The van der Waals surface area contributed by atoms with Gasteiger partial charge in [0.25, 0.3) is 0 Å². The average Bonchev–Trinajstić information content (AvgIpc) is 2.74. The van der Waals surface area contributed by atoms with Crippen LogP contribution in [0.25, 0.3) is 0 Å². The number of hydrogen-bond donors (Lipinski definition) is 1. The zero-order valence-electron chi connectivity index (χ0n) is 19.4. The molecule has 1 saturated heterocycles. The number of aliphatic hydroxyl groups is 1. The number of nitrogens with zero attached hydrogens (tertiary/aromatic N) is 2. The predicted molar refractivity (Wildman–Crippen MR) is 134 cm³/mol. The number of rotatable bonds is 7. The van der Waals surface area contributed by atoms with Crippen LogP contribution in [0.2, 0.25) is 5.02 Å². The van der Waals surface area contributed by atoms with Crippen molar-refractivity contribution < 1.29 is 9.90 Å². The number of likely N-dealkylation sites (tertiary alicyclic amines) is 1. The Balaban J connectivity index is 0.00000341. The molecule has 3 rings (SSSR count). The van der Waals surface area contributed by atoms with Gasteiger partial charge in [-0.25, -0.2) is 0 Å². The van der Waals surface area contributed by atoms with Crippen molar-refractivity contribution in [1.82, 2.24) is 9.80 Å². The Morgan fingerprint density at radius 2 is 1.81 bits per heavy atom. The summed E-state index contributed by atoms with van der Waals surface area (Å²) in [4.78, 5) is 17.8. The molecular formula is C25H40BrClN2O2. The highest BCUT2D eigenvalue weighted by Gasteiger charge is 2.46. The molecule has 2 aliphatic rings. The molecule has 1 aliphatic heterocycles. The van der Waals surface area contributed by atoms with E-state index >= 15 is 0 Å². The summed E-state index contributed by atoms with van der Waals surface area (Å²) in [6, 6.07) is 8.34. The van der Waals surface area contributed by atoms with Crippen molar-refractivity contribution in [3.05, 3.63) is 34.9 Å². The number of hydrogen-bond acceptors (Lipinski definition) is 3. The summed E-state index contributed by atoms with van der Waals surface area (Å²) in [7, 11) is 1.95. The highest BCUT2D eigenvalue weighted by molar-refractivity contribution is 8.93. The molecule has 1 saturated carbocycles. The van der Waals surface area contributed by atoms with Crippen molar-refractivity contribution in [2.45, 2.75) is 76.9 Å². The minimum Gasteiger partial charge on any atom is -0.389 e. The van der Waals surface area contributed by atoms with E-state index in [2.05, 4.69) is 24.8 Å². The Kier molecular flexibility index (Phi) is 10.3. The van der Waals surface area contributed by atoms with Gasteiger partial charge in [-0.05, 0) is 49.7 Å². The van der Waals surface area contributed by atoms with Crippen LogP contribution in [0.4, 0.5) is 0 Å². The first-order valence-corrected chi connectivity index (χ1v) is 12.1. The topological polar surface area (TPSA) is 43.8 Å². The summed E-state index contributed by atoms with van der Waals surface area (Å²) in [5.74, 6) is -0.0534. The van der Waals surface area contributed by atoms with Crippen LogP contribution in [0.5, 0.6) is 0 Å². The van der Waals surface area contributed by atoms with Gasteiger partial charge in [-0.1, -0.05) is 62.9 Å². The Bertz CT molecular complexity index is 701. The van der Waals surface area contributed by atoms with Crippen molar-refractivity contribution in [1.29, 1.82) is 0 Å². The maximum Gasteiger partial charge on any atom is 0.228 e. The van der Waals surface area contributed by atoms with Crippen LogP contribution in [0.3, 0.4) is 0 Å². The Morgan fingerprint density at radius 3 is 2.39 bits per heavy atom. The molecule has 1 unspecified atom stereocenters. The third-order valence-electron chi connectivity index (χ3n) is 7.36. The number of halogens is 2. The smallest absolute Gasteiger partial charge is 0.228 e. The summed E-state index contributed by atoms with van der Waals surface area (Å²) in [5.41, 5.74) is 0.263. The zero-order chi connectivity index (χ0) is 21.7. The summed E-state index contributed by atoms with van der Waals surface area (Å²) in [6.45, 7) is 6.75. The van der Waals surface area contributed by atoms with E-state index in [1.54, 1.807) is 0 Å². The molecule has 1 aliphatic carbocycles. The van der Waals surface area contributed by atoms with Crippen molar-refractivity contribution in [3.8, 4) is 0 Å². The molecule has 1 aromatic rings. The van der Waals surface area contributed by atoms with Gasteiger partial charge in [0.2, 0.25) is 5.91 Å². The predicted octanol–water partition coefficient (Wildman–Crippen LogP) is 5.35. The summed E-state index contributed by atoms with van der Waals surface area (Å²) in [5, 5.41) is 12.4. The lowest BCUT2D eigenvalue weighted by molar-refractivity contribution is -0.155. The third kappa shape index (κ3) is 6.69. The molecule has 2 fully saturated rings. The Hall–Kier alpha value is -0.620. The lowest BCUT2D eigenvalue weighted by Gasteiger charge is -2.46. The summed E-state index contributed by atoms with van der Waals surface area (Å²) >= 11 is 6.29. The highest BCUT2D eigenvalue weighted by Crippen LogP contribution is 2.37. The second-order valence-electron chi connectivity index (χ2n) is 9.75. The van der Waals surface area contributed by atoms with Gasteiger partial charge >= 0.3 is 0 Å². The maximum absolute atomic E-state index is 13.5. The molecule has 0 aromatic heterocycles. The quantitative estimate of drug-likeness (QED) is 0.532. The lowest BCUT2D eigenvalue weighted by Crippen LogP contribution is -2.56. The van der Waals surface area contributed by atoms with Crippen LogP contribution < -0.4 is 0 Å². The first-order chi connectivity index (χ1) is 14.3. The normalized spacial score (nSPS) is 20.8. The van der Waals surface area contributed by atoms with Gasteiger partial charge < -0.3 is 14.9 Å². The van der Waals surface area contributed by atoms with Gasteiger partial charge in [0.1, 0.15) is 0 Å². The number of amides is 1. The molecule has 1 N–H and O–H groups in total. The van der Waals surface area contributed by atoms with E-state index in [4.69, 9.17) is 11.6 Å². The molecule has 1 heterocycles. The Labute approximate surface area is 204 Å². The van der Waals surface area contributed by atoms with Gasteiger partial charge in [-0.2, -0.15) is 0 Å². The molecule has 6 heteroatoms. The van der Waals surface area contributed by atoms with Crippen molar-refractivity contribution in [2.24, 2.45) is 11.8 Å². The fourth-order valence-corrected chi connectivity index (χ4v) is 5.69. The fourth-order valence-electron chi connectivity index (χ4n) is 5.46. The Morgan fingerprint density at radius 1 is 1.19 bits per heavy atom. The fraction of sp³-hybridized carbons (Fsp3) is 0.720. The molecule has 1 atom stereocenters. The number of benzene rings is 1. The molecule has 1 amide bonds. The van der Waals surface area contributed by atoms with Crippen molar-refractivity contribution >= 4 is 34.5 Å². The molecule has 1 aromatic carbocycles. The van der Waals surface area contributed by atoms with Crippen molar-refractivity contribution in [3.63, 3.8) is 0 Å². The minimum absolute atomic E-state index is 0. The van der Waals surface area contributed by atoms with E-state index in [0.29, 0.717) is 18.9 Å². The first kappa shape index (κ1) is 26.6. The molecule has 0 radical (unpaired) electrons. The average molecular weight is 516 g/mol. The lowest BCUT2D eigenvalue weighted by atomic mass is 9.73. The van der Waals surface area contributed by atoms with E-state index in [0.717, 1.165) is 43.9 Å². The molecule has 31 heavy (non-hydrogen) atoms. The SMILES string of the molecule is Br.CC(C)C(C(=O)N(C)C1CCCCC1)C1(O)CCN(CCc2ccccc2Cl)CC1. The maximum atomic E-state index is 13.5. The van der Waals surface area contributed by atoms with Gasteiger partial charge in [0, 0.05) is 37.7 Å². The van der Waals surface area contributed by atoms with E-state index in [-0.39, 0.29) is 34.7 Å². The van der Waals surface area contributed by atoms with Crippen LogP contribution in [0.15, 0.2) is 24.3 Å². The van der Waals surface area contributed by atoms with Crippen LogP contribution >= 0.6 is 28.6 Å². The van der Waals surface area contributed by atoms with E-state index in [9.17, 15) is 9.90 Å². The largest absolute Gasteiger partial charge is 0.389 e. The monoisotopic (exact) mass is 514 g/mol. The second kappa shape index (κ2) is 12.0. The van der Waals surface area contributed by atoms with Crippen LogP contribution in [0.1, 0.15) is 64.4 Å². The summed E-state index contributed by atoms with van der Waals surface area (Å²) in [6.07, 6.45) is 8.11. The minimum atomic E-state index is -0.908. The van der Waals surface area contributed by atoms with Crippen LogP contribution in [-0.4, -0.2) is 59.1 Å². The number of piperidine rings is 1. The molecule has 0 spiro atoms. The number of carbonyl (C=O) groups is 1. The highest BCUT2D eigenvalue weighted by atomic mass is 79.9. The van der Waals surface area contributed by atoms with Gasteiger partial charge in [0.15, 0.2) is 0 Å². The third-order valence-corrected chi connectivity index (χ3v) is 7.73. The van der Waals surface area contributed by atoms with E-state index < -0.39 is 5.60 Å². The standard InChI is InChI=1S/C25H39ClN2O2.BrH/c1-19(2)23(24(29)27(3)21-10-5-4-6-11-21)25(30)14-17-28(18-15-25)16-13-20-9-7-8-12-22(20)26;/h7-9,12,19,21,23,30H,4-6,10-11,13-18H2,1-3H3;1H. The zero-order valence-corrected chi connectivity index (χ0v) is 21.8. The first-order valence-electron chi connectivity index (χ1n) is 11.8. The second-order valence-corrected chi connectivity index (χ2v) is 10.2. The molecule has 0 bridgehead atoms. The van der Waals surface area contributed by atoms with Gasteiger partial charge in [0.05, 0.1) is 11.5 Å². The van der Waals surface area contributed by atoms with E-state index in [1.165, 1.54) is 24.8 Å². The summed E-state index contributed by atoms with van der Waals surface area (Å²) < 4.78 is 0. The van der Waals surface area contributed by atoms with E-state index in [1.807, 2.05) is 30.1 Å².